The quantitative estimate of drug-likeness (QED) is 0.937. The molecule has 0 saturated heterocycles. The molecular formula is C14H12BrFO2. The number of hydrogen-bond donors (Lipinski definition) is 1. The number of benzene rings is 2. The highest BCUT2D eigenvalue weighted by atomic mass is 79.9. The van der Waals surface area contributed by atoms with Crippen LogP contribution in [0.25, 0.3) is 0 Å². The minimum Gasteiger partial charge on any atom is -0.496 e. The van der Waals surface area contributed by atoms with Crippen LogP contribution in [0.4, 0.5) is 4.39 Å². The fourth-order valence-corrected chi connectivity index (χ4v) is 2.16. The largest absolute Gasteiger partial charge is 0.496 e. The second-order valence-corrected chi connectivity index (χ2v) is 4.73. The normalized spacial score (nSPS) is 12.2. The molecule has 2 aromatic carbocycles. The van der Waals surface area contributed by atoms with Crippen molar-refractivity contribution in [1.29, 1.82) is 0 Å². The predicted octanol–water partition coefficient (Wildman–Crippen LogP) is 3.68. The maximum atomic E-state index is 13.7. The fourth-order valence-electron chi connectivity index (χ4n) is 1.78. The Morgan fingerprint density at radius 3 is 2.61 bits per heavy atom. The van der Waals surface area contributed by atoms with Crippen molar-refractivity contribution in [1.82, 2.24) is 0 Å². The van der Waals surface area contributed by atoms with Gasteiger partial charge in [0.05, 0.1) is 7.11 Å². The summed E-state index contributed by atoms with van der Waals surface area (Å²) in [5, 5.41) is 10.3. The molecule has 0 fully saturated rings. The van der Waals surface area contributed by atoms with Crippen molar-refractivity contribution in [2.45, 2.75) is 6.10 Å². The highest BCUT2D eigenvalue weighted by molar-refractivity contribution is 9.10. The number of aliphatic hydroxyl groups excluding tert-OH is 1. The van der Waals surface area contributed by atoms with Crippen molar-refractivity contribution < 1.29 is 14.2 Å². The van der Waals surface area contributed by atoms with Crippen LogP contribution >= 0.6 is 15.9 Å². The van der Waals surface area contributed by atoms with Gasteiger partial charge < -0.3 is 9.84 Å². The average Bonchev–Trinajstić information content (AvgIpc) is 2.40. The van der Waals surface area contributed by atoms with Gasteiger partial charge in [-0.2, -0.15) is 0 Å². The minimum atomic E-state index is -1.06. The van der Waals surface area contributed by atoms with Crippen LogP contribution in [-0.2, 0) is 0 Å². The third-order valence-electron chi connectivity index (χ3n) is 2.69. The smallest absolute Gasteiger partial charge is 0.129 e. The number of para-hydroxylation sites is 1. The van der Waals surface area contributed by atoms with Gasteiger partial charge in [-0.1, -0.05) is 34.1 Å². The summed E-state index contributed by atoms with van der Waals surface area (Å²) in [5.41, 5.74) is 0.755. The van der Waals surface area contributed by atoms with Crippen molar-refractivity contribution in [3.05, 3.63) is 63.9 Å². The molecule has 0 aliphatic heterocycles. The summed E-state index contributed by atoms with van der Waals surface area (Å²) in [7, 11) is 1.52. The number of hydrogen-bond acceptors (Lipinski definition) is 2. The number of rotatable bonds is 3. The monoisotopic (exact) mass is 310 g/mol. The van der Waals surface area contributed by atoms with E-state index < -0.39 is 11.9 Å². The van der Waals surface area contributed by atoms with Gasteiger partial charge in [0.25, 0.3) is 0 Å². The molecule has 0 saturated carbocycles. The molecule has 2 nitrogen and oxygen atoms in total. The summed E-state index contributed by atoms with van der Waals surface area (Å²) in [6.07, 6.45) is -1.06. The lowest BCUT2D eigenvalue weighted by molar-refractivity contribution is 0.209. The van der Waals surface area contributed by atoms with Gasteiger partial charge in [0.1, 0.15) is 17.7 Å². The molecule has 1 N–H and O–H groups in total. The minimum absolute atomic E-state index is 0.217. The zero-order chi connectivity index (χ0) is 13.1. The SMILES string of the molecule is COc1ccccc1C(O)c1cc(Br)ccc1F. The Bertz CT molecular complexity index is 557. The van der Waals surface area contributed by atoms with Crippen molar-refractivity contribution in [2.75, 3.05) is 7.11 Å². The molecule has 0 aliphatic carbocycles. The maximum Gasteiger partial charge on any atom is 0.129 e. The Hall–Kier alpha value is -1.39. The van der Waals surface area contributed by atoms with Crippen LogP contribution in [0, 0.1) is 5.82 Å². The molecule has 0 heterocycles. The molecule has 2 aromatic rings. The summed E-state index contributed by atoms with van der Waals surface area (Å²) >= 11 is 3.26. The van der Waals surface area contributed by atoms with Crippen LogP contribution in [0.2, 0.25) is 0 Å². The average molecular weight is 311 g/mol. The second-order valence-electron chi connectivity index (χ2n) is 3.81. The van der Waals surface area contributed by atoms with E-state index in [0.717, 1.165) is 0 Å². The molecule has 1 atom stereocenters. The van der Waals surface area contributed by atoms with E-state index in [9.17, 15) is 9.50 Å². The lowest BCUT2D eigenvalue weighted by atomic mass is 10.0. The Morgan fingerprint density at radius 1 is 1.17 bits per heavy atom. The zero-order valence-electron chi connectivity index (χ0n) is 9.73. The standard InChI is InChI=1S/C14H12BrFO2/c1-18-13-5-3-2-4-10(13)14(17)11-8-9(15)6-7-12(11)16/h2-8,14,17H,1H3. The number of aliphatic hydroxyl groups is 1. The molecule has 0 amide bonds. The molecular weight excluding hydrogens is 299 g/mol. The first-order valence-corrected chi connectivity index (χ1v) is 6.18. The summed E-state index contributed by atoms with van der Waals surface area (Å²) in [6.45, 7) is 0. The van der Waals surface area contributed by atoms with Crippen molar-refractivity contribution in [2.24, 2.45) is 0 Å². The number of ether oxygens (including phenoxy) is 1. The Balaban J connectivity index is 2.47. The van der Waals surface area contributed by atoms with Gasteiger partial charge in [-0.05, 0) is 24.3 Å². The highest BCUT2D eigenvalue weighted by Gasteiger charge is 2.18. The second kappa shape index (κ2) is 5.50. The molecule has 0 aliphatic rings. The first kappa shape index (κ1) is 13.1. The van der Waals surface area contributed by atoms with Crippen LogP contribution in [0.1, 0.15) is 17.2 Å². The van der Waals surface area contributed by atoms with E-state index in [2.05, 4.69) is 15.9 Å². The topological polar surface area (TPSA) is 29.5 Å². The Labute approximate surface area is 113 Å². The first-order valence-electron chi connectivity index (χ1n) is 5.39. The fraction of sp³-hybridized carbons (Fsp3) is 0.143. The van der Waals surface area contributed by atoms with Crippen LogP contribution < -0.4 is 4.74 Å². The molecule has 0 spiro atoms. The molecule has 18 heavy (non-hydrogen) atoms. The first-order chi connectivity index (χ1) is 8.63. The van der Waals surface area contributed by atoms with Gasteiger partial charge in [0.2, 0.25) is 0 Å². The van der Waals surface area contributed by atoms with Gasteiger partial charge in [-0.15, -0.1) is 0 Å². The van der Waals surface area contributed by atoms with Crippen molar-refractivity contribution in [3.63, 3.8) is 0 Å². The number of methoxy groups -OCH3 is 1. The van der Waals surface area contributed by atoms with Crippen LogP contribution in [0.15, 0.2) is 46.9 Å². The Kier molecular flexibility index (Phi) is 3.99. The zero-order valence-corrected chi connectivity index (χ0v) is 11.3. The summed E-state index contributed by atoms with van der Waals surface area (Å²) in [4.78, 5) is 0. The Morgan fingerprint density at radius 2 is 1.89 bits per heavy atom. The molecule has 0 radical (unpaired) electrons. The molecule has 1 unspecified atom stereocenters. The van der Waals surface area contributed by atoms with Gasteiger partial charge in [-0.3, -0.25) is 0 Å². The molecule has 94 valence electrons. The van der Waals surface area contributed by atoms with Crippen LogP contribution in [0.5, 0.6) is 5.75 Å². The molecule has 0 bridgehead atoms. The van der Waals surface area contributed by atoms with Gasteiger partial charge in [-0.25, -0.2) is 4.39 Å². The van der Waals surface area contributed by atoms with Crippen molar-refractivity contribution in [3.8, 4) is 5.75 Å². The van der Waals surface area contributed by atoms with E-state index in [1.807, 2.05) is 0 Å². The predicted molar refractivity (Wildman–Crippen MR) is 71.2 cm³/mol. The van der Waals surface area contributed by atoms with E-state index in [-0.39, 0.29) is 5.56 Å². The highest BCUT2D eigenvalue weighted by Crippen LogP contribution is 2.32. The van der Waals surface area contributed by atoms with Gasteiger partial charge >= 0.3 is 0 Å². The van der Waals surface area contributed by atoms with Crippen LogP contribution in [-0.4, -0.2) is 12.2 Å². The van der Waals surface area contributed by atoms with E-state index in [1.165, 1.54) is 13.2 Å². The molecule has 2 rings (SSSR count). The molecule has 4 heteroatoms. The van der Waals surface area contributed by atoms with Gasteiger partial charge in [0.15, 0.2) is 0 Å². The van der Waals surface area contributed by atoms with Crippen molar-refractivity contribution >= 4 is 15.9 Å². The van der Waals surface area contributed by atoms with E-state index in [0.29, 0.717) is 15.8 Å². The van der Waals surface area contributed by atoms with E-state index in [4.69, 9.17) is 4.74 Å². The third kappa shape index (κ3) is 2.54. The van der Waals surface area contributed by atoms with E-state index in [1.54, 1.807) is 36.4 Å². The van der Waals surface area contributed by atoms with E-state index >= 15 is 0 Å². The lowest BCUT2D eigenvalue weighted by Gasteiger charge is -2.15. The summed E-state index contributed by atoms with van der Waals surface area (Å²) < 4.78 is 19.6. The van der Waals surface area contributed by atoms with Gasteiger partial charge in [0, 0.05) is 15.6 Å². The molecule has 0 aromatic heterocycles. The van der Waals surface area contributed by atoms with Crippen LogP contribution in [0.3, 0.4) is 0 Å². The lowest BCUT2D eigenvalue weighted by Crippen LogP contribution is -2.04. The summed E-state index contributed by atoms with van der Waals surface area (Å²) in [6, 6.07) is 11.5. The number of halogens is 2. The summed E-state index contributed by atoms with van der Waals surface area (Å²) in [5.74, 6) is 0.0842. The third-order valence-corrected chi connectivity index (χ3v) is 3.18. The maximum absolute atomic E-state index is 13.7.